The van der Waals surface area contributed by atoms with Gasteiger partial charge in [-0.2, -0.15) is 0 Å². The molecule has 6 heteroatoms. The third-order valence-corrected chi connectivity index (χ3v) is 2.94. The van der Waals surface area contributed by atoms with Crippen molar-refractivity contribution in [3.8, 4) is 0 Å². The number of morpholine rings is 1. The van der Waals surface area contributed by atoms with Crippen molar-refractivity contribution in [2.24, 2.45) is 0 Å². The molecular formula is C13H17N3O3. The highest BCUT2D eigenvalue weighted by Crippen LogP contribution is 2.26. The molecule has 2 rings (SSSR count). The topological polar surface area (TPSA) is 70.7 Å². The number of ether oxygens (including phenoxy) is 1. The molecule has 19 heavy (non-hydrogen) atoms. The van der Waals surface area contributed by atoms with E-state index in [2.05, 4.69) is 15.5 Å². The molecule has 0 spiro atoms. The molecule has 102 valence electrons. The number of likely N-dealkylation sites (N-methyl/N-ethyl adjacent to an activating group) is 1. The molecule has 1 aromatic carbocycles. The van der Waals surface area contributed by atoms with Gasteiger partial charge in [0.1, 0.15) is 0 Å². The van der Waals surface area contributed by atoms with Crippen LogP contribution in [0.5, 0.6) is 0 Å². The maximum Gasteiger partial charge on any atom is 0.313 e. The van der Waals surface area contributed by atoms with Crippen LogP contribution in [0, 0.1) is 0 Å². The summed E-state index contributed by atoms with van der Waals surface area (Å²) < 4.78 is 5.30. The number of nitrogens with one attached hydrogen (secondary N) is 2. The summed E-state index contributed by atoms with van der Waals surface area (Å²) in [6, 6.07) is 7.43. The summed E-state index contributed by atoms with van der Waals surface area (Å²) >= 11 is 0. The average molecular weight is 263 g/mol. The summed E-state index contributed by atoms with van der Waals surface area (Å²) in [6.45, 7) is 2.87. The second-order valence-electron chi connectivity index (χ2n) is 4.15. The molecule has 2 amide bonds. The largest absolute Gasteiger partial charge is 0.378 e. The fourth-order valence-corrected chi connectivity index (χ4v) is 1.95. The monoisotopic (exact) mass is 263 g/mol. The van der Waals surface area contributed by atoms with Gasteiger partial charge >= 0.3 is 11.8 Å². The molecule has 0 atom stereocenters. The Balaban J connectivity index is 2.16. The minimum absolute atomic E-state index is 0.637. The summed E-state index contributed by atoms with van der Waals surface area (Å²) in [5, 5.41) is 4.92. The number of rotatable bonds is 2. The molecule has 2 N–H and O–H groups in total. The minimum atomic E-state index is -0.664. The molecule has 1 aliphatic heterocycles. The fraction of sp³-hybridized carbons (Fsp3) is 0.385. The summed E-state index contributed by atoms with van der Waals surface area (Å²) in [5.74, 6) is -1.32. The van der Waals surface area contributed by atoms with Gasteiger partial charge in [0.2, 0.25) is 0 Å². The Bertz CT molecular complexity index is 470. The normalized spacial score (nSPS) is 14.9. The summed E-state index contributed by atoms with van der Waals surface area (Å²) in [7, 11) is 1.43. The molecule has 0 bridgehead atoms. The van der Waals surface area contributed by atoms with Gasteiger partial charge in [0.25, 0.3) is 0 Å². The van der Waals surface area contributed by atoms with Gasteiger partial charge < -0.3 is 20.3 Å². The minimum Gasteiger partial charge on any atom is -0.378 e. The van der Waals surface area contributed by atoms with Crippen molar-refractivity contribution in [2.75, 3.05) is 43.6 Å². The second kappa shape index (κ2) is 6.19. The summed E-state index contributed by atoms with van der Waals surface area (Å²) in [5.41, 5.74) is 1.54. The van der Waals surface area contributed by atoms with Gasteiger partial charge in [-0.05, 0) is 12.1 Å². The van der Waals surface area contributed by atoms with Crippen molar-refractivity contribution >= 4 is 23.2 Å². The molecule has 1 aromatic rings. The predicted molar refractivity (Wildman–Crippen MR) is 72.2 cm³/mol. The Morgan fingerprint density at radius 1 is 1.16 bits per heavy atom. The Morgan fingerprint density at radius 2 is 1.84 bits per heavy atom. The predicted octanol–water partition coefficient (Wildman–Crippen LogP) is 0.208. The lowest BCUT2D eigenvalue weighted by Gasteiger charge is -2.30. The van der Waals surface area contributed by atoms with Crippen molar-refractivity contribution in [3.05, 3.63) is 24.3 Å². The van der Waals surface area contributed by atoms with Crippen LogP contribution in [0.1, 0.15) is 0 Å². The standard InChI is InChI=1S/C13H17N3O3/c1-14-12(17)13(18)15-10-4-2-3-5-11(10)16-6-8-19-9-7-16/h2-5H,6-9H2,1H3,(H,14,17)(H,15,18). The molecule has 1 heterocycles. The number of benzene rings is 1. The number of nitrogens with zero attached hydrogens (tertiary/aromatic N) is 1. The van der Waals surface area contributed by atoms with E-state index in [-0.39, 0.29) is 0 Å². The lowest BCUT2D eigenvalue weighted by molar-refractivity contribution is -0.135. The molecular weight excluding hydrogens is 246 g/mol. The average Bonchev–Trinajstić information content (AvgIpc) is 2.47. The highest BCUT2D eigenvalue weighted by molar-refractivity contribution is 6.39. The van der Waals surface area contributed by atoms with Crippen LogP contribution in [0.3, 0.4) is 0 Å². The molecule has 0 radical (unpaired) electrons. The number of anilines is 2. The molecule has 6 nitrogen and oxygen atoms in total. The molecule has 1 aliphatic rings. The van der Waals surface area contributed by atoms with Crippen molar-refractivity contribution in [2.45, 2.75) is 0 Å². The first kappa shape index (κ1) is 13.4. The number of hydrogen-bond donors (Lipinski definition) is 2. The first-order valence-electron chi connectivity index (χ1n) is 6.17. The molecule has 0 unspecified atom stereocenters. The third kappa shape index (κ3) is 3.23. The molecule has 1 fully saturated rings. The van der Waals surface area contributed by atoms with Gasteiger partial charge in [-0.1, -0.05) is 12.1 Å². The van der Waals surface area contributed by atoms with Crippen LogP contribution in [-0.4, -0.2) is 45.2 Å². The Hall–Kier alpha value is -2.08. The van der Waals surface area contributed by atoms with Crippen LogP contribution in [0.4, 0.5) is 11.4 Å². The highest BCUT2D eigenvalue weighted by Gasteiger charge is 2.17. The number of carbonyl (C=O) groups is 2. The van der Waals surface area contributed by atoms with Gasteiger partial charge in [-0.15, -0.1) is 0 Å². The number of amides is 2. The van der Waals surface area contributed by atoms with Crippen LogP contribution < -0.4 is 15.5 Å². The van der Waals surface area contributed by atoms with E-state index >= 15 is 0 Å². The van der Waals surface area contributed by atoms with E-state index in [9.17, 15) is 9.59 Å². The lowest BCUT2D eigenvalue weighted by Crippen LogP contribution is -2.37. The van der Waals surface area contributed by atoms with Gasteiger partial charge in [0, 0.05) is 20.1 Å². The zero-order valence-corrected chi connectivity index (χ0v) is 10.8. The van der Waals surface area contributed by atoms with E-state index in [1.807, 2.05) is 18.2 Å². The van der Waals surface area contributed by atoms with Gasteiger partial charge in [0.15, 0.2) is 0 Å². The zero-order chi connectivity index (χ0) is 13.7. The SMILES string of the molecule is CNC(=O)C(=O)Nc1ccccc1N1CCOCC1. The summed E-state index contributed by atoms with van der Waals surface area (Å²) in [6.07, 6.45) is 0. The van der Waals surface area contributed by atoms with Crippen molar-refractivity contribution < 1.29 is 14.3 Å². The van der Waals surface area contributed by atoms with Crippen LogP contribution >= 0.6 is 0 Å². The highest BCUT2D eigenvalue weighted by atomic mass is 16.5. The van der Waals surface area contributed by atoms with Gasteiger partial charge in [-0.3, -0.25) is 9.59 Å². The van der Waals surface area contributed by atoms with Crippen molar-refractivity contribution in [3.63, 3.8) is 0 Å². The second-order valence-corrected chi connectivity index (χ2v) is 4.15. The molecule has 0 aliphatic carbocycles. The fourth-order valence-electron chi connectivity index (χ4n) is 1.95. The summed E-state index contributed by atoms with van der Waals surface area (Å²) in [4.78, 5) is 25.0. The van der Waals surface area contributed by atoms with Crippen LogP contribution in [0.15, 0.2) is 24.3 Å². The quantitative estimate of drug-likeness (QED) is 0.748. The van der Waals surface area contributed by atoms with Crippen LogP contribution in [0.25, 0.3) is 0 Å². The maximum absolute atomic E-state index is 11.6. The van der Waals surface area contributed by atoms with E-state index in [1.54, 1.807) is 6.07 Å². The van der Waals surface area contributed by atoms with Gasteiger partial charge in [0.05, 0.1) is 24.6 Å². The molecule has 0 aromatic heterocycles. The Morgan fingerprint density at radius 3 is 2.53 bits per heavy atom. The van der Waals surface area contributed by atoms with Crippen LogP contribution in [-0.2, 0) is 14.3 Å². The Labute approximate surface area is 111 Å². The van der Waals surface area contributed by atoms with Crippen molar-refractivity contribution in [1.29, 1.82) is 0 Å². The number of hydrogen-bond acceptors (Lipinski definition) is 4. The number of para-hydroxylation sites is 2. The molecule has 0 saturated carbocycles. The first-order chi connectivity index (χ1) is 9.22. The Kier molecular flexibility index (Phi) is 4.35. The van der Waals surface area contributed by atoms with E-state index < -0.39 is 11.8 Å². The van der Waals surface area contributed by atoms with E-state index in [0.717, 1.165) is 18.8 Å². The zero-order valence-electron chi connectivity index (χ0n) is 10.8. The van der Waals surface area contributed by atoms with E-state index in [0.29, 0.717) is 18.9 Å². The first-order valence-corrected chi connectivity index (χ1v) is 6.17. The van der Waals surface area contributed by atoms with E-state index in [4.69, 9.17) is 4.74 Å². The number of carbonyl (C=O) groups excluding carboxylic acids is 2. The lowest BCUT2D eigenvalue weighted by atomic mass is 10.2. The maximum atomic E-state index is 11.6. The van der Waals surface area contributed by atoms with E-state index in [1.165, 1.54) is 7.05 Å². The van der Waals surface area contributed by atoms with Crippen LogP contribution in [0.2, 0.25) is 0 Å². The molecule has 1 saturated heterocycles. The van der Waals surface area contributed by atoms with Gasteiger partial charge in [-0.25, -0.2) is 0 Å². The third-order valence-electron chi connectivity index (χ3n) is 2.94. The van der Waals surface area contributed by atoms with Crippen molar-refractivity contribution in [1.82, 2.24) is 5.32 Å². The smallest absolute Gasteiger partial charge is 0.313 e.